The third-order valence-electron chi connectivity index (χ3n) is 11.0. The molecule has 1 unspecified atom stereocenters. The first-order valence-electron chi connectivity index (χ1n) is 18.3. The number of hydrogen-bond donors (Lipinski definition) is 2. The Morgan fingerprint density at radius 1 is 0.940 bits per heavy atom. The molecule has 264 valence electrons. The van der Waals surface area contributed by atoms with Gasteiger partial charge in [0.05, 0.1) is 12.7 Å². The minimum Gasteiger partial charge on any atom is -0.508 e. The van der Waals surface area contributed by atoms with Crippen molar-refractivity contribution in [1.29, 1.82) is 0 Å². The van der Waals surface area contributed by atoms with Crippen LogP contribution in [-0.2, 0) is 16.1 Å². The Balaban J connectivity index is 0.825. The number of aromatic hydroxyl groups is 1. The van der Waals surface area contributed by atoms with Gasteiger partial charge in [0, 0.05) is 73.9 Å². The first kappa shape index (κ1) is 33.9. The number of nitrogens with one attached hydrogen (secondary N) is 1. The maximum atomic E-state index is 13.1. The number of nitrogens with zero attached hydrogens (tertiary/aromatic N) is 3. The Bertz CT molecular complexity index is 1720. The second-order valence-electron chi connectivity index (χ2n) is 14.1. The van der Waals surface area contributed by atoms with Crippen LogP contribution in [0.25, 0.3) is 0 Å². The SMILES string of the molecule is CC[C@H]1[C@@H](c2ccc(OCCCCCN3CCN(c4ccc5c(c4)CN(C4CCC(=O)NC4=O)C5=O)CC3)cc2)c2ccc(O)cc2O[C@H]1C. The highest BCUT2D eigenvalue weighted by atomic mass is 16.5. The van der Waals surface area contributed by atoms with Crippen molar-refractivity contribution in [2.45, 2.75) is 77.0 Å². The van der Waals surface area contributed by atoms with Crippen molar-refractivity contribution >= 4 is 23.4 Å². The van der Waals surface area contributed by atoms with E-state index < -0.39 is 6.04 Å². The van der Waals surface area contributed by atoms with E-state index >= 15 is 0 Å². The van der Waals surface area contributed by atoms with E-state index in [1.54, 1.807) is 17.0 Å². The summed E-state index contributed by atoms with van der Waals surface area (Å²) in [5, 5.41) is 12.4. The molecule has 10 nitrogen and oxygen atoms in total. The number of carbonyl (C=O) groups is 3. The average Bonchev–Trinajstić information content (AvgIpc) is 3.44. The van der Waals surface area contributed by atoms with E-state index in [2.05, 4.69) is 59.3 Å². The molecule has 4 aliphatic rings. The summed E-state index contributed by atoms with van der Waals surface area (Å²) in [7, 11) is 0. The van der Waals surface area contributed by atoms with E-state index in [0.717, 1.165) is 86.7 Å². The predicted octanol–water partition coefficient (Wildman–Crippen LogP) is 5.46. The van der Waals surface area contributed by atoms with E-state index in [4.69, 9.17) is 9.47 Å². The number of ether oxygens (including phenoxy) is 2. The van der Waals surface area contributed by atoms with Crippen molar-refractivity contribution in [3.05, 3.63) is 82.9 Å². The summed E-state index contributed by atoms with van der Waals surface area (Å²) in [6.07, 6.45) is 4.97. The highest BCUT2D eigenvalue weighted by molar-refractivity contribution is 6.05. The quantitative estimate of drug-likeness (QED) is 0.203. The van der Waals surface area contributed by atoms with Crippen molar-refractivity contribution < 1.29 is 29.0 Å². The van der Waals surface area contributed by atoms with E-state index in [-0.39, 0.29) is 41.9 Å². The van der Waals surface area contributed by atoms with Gasteiger partial charge in [-0.1, -0.05) is 25.1 Å². The van der Waals surface area contributed by atoms with Gasteiger partial charge in [-0.25, -0.2) is 0 Å². The van der Waals surface area contributed by atoms with Gasteiger partial charge in [-0.05, 0) is 93.1 Å². The second-order valence-corrected chi connectivity index (χ2v) is 14.1. The van der Waals surface area contributed by atoms with Gasteiger partial charge in [-0.2, -0.15) is 0 Å². The van der Waals surface area contributed by atoms with Crippen LogP contribution >= 0.6 is 0 Å². The highest BCUT2D eigenvalue weighted by Gasteiger charge is 2.39. The summed E-state index contributed by atoms with van der Waals surface area (Å²) in [6.45, 7) is 10.4. The molecular weight excluding hydrogens is 632 g/mol. The fourth-order valence-electron chi connectivity index (χ4n) is 8.23. The predicted molar refractivity (Wildman–Crippen MR) is 191 cm³/mol. The molecule has 3 aromatic carbocycles. The van der Waals surface area contributed by atoms with Gasteiger partial charge < -0.3 is 24.4 Å². The van der Waals surface area contributed by atoms with Crippen molar-refractivity contribution in [1.82, 2.24) is 15.1 Å². The van der Waals surface area contributed by atoms with Crippen molar-refractivity contribution in [2.75, 3.05) is 44.2 Å². The second kappa shape index (κ2) is 14.7. The van der Waals surface area contributed by atoms with Gasteiger partial charge in [0.1, 0.15) is 23.3 Å². The van der Waals surface area contributed by atoms with Crippen LogP contribution in [0.5, 0.6) is 17.2 Å². The smallest absolute Gasteiger partial charge is 0.255 e. The van der Waals surface area contributed by atoms with Crippen molar-refractivity contribution in [3.8, 4) is 17.2 Å². The summed E-state index contributed by atoms with van der Waals surface area (Å²) in [4.78, 5) is 43.5. The number of phenolic OH excluding ortho intramolecular Hbond substituents is 1. The van der Waals surface area contributed by atoms with Gasteiger partial charge in [-0.15, -0.1) is 0 Å². The molecule has 0 aliphatic carbocycles. The monoisotopic (exact) mass is 680 g/mol. The highest BCUT2D eigenvalue weighted by Crippen LogP contribution is 2.46. The molecule has 2 N–H and O–H groups in total. The zero-order valence-electron chi connectivity index (χ0n) is 29.1. The van der Waals surface area contributed by atoms with E-state index in [1.807, 2.05) is 18.2 Å². The average molecular weight is 681 g/mol. The number of phenols is 1. The molecule has 4 aliphatic heterocycles. The molecule has 3 amide bonds. The fraction of sp³-hybridized carbons (Fsp3) is 0.475. The van der Waals surface area contributed by atoms with Crippen LogP contribution < -0.4 is 19.7 Å². The van der Waals surface area contributed by atoms with Gasteiger partial charge in [0.15, 0.2) is 0 Å². The first-order valence-corrected chi connectivity index (χ1v) is 18.3. The number of piperazine rings is 1. The third kappa shape index (κ3) is 7.03. The number of carbonyl (C=O) groups excluding carboxylic acids is 3. The Morgan fingerprint density at radius 3 is 2.50 bits per heavy atom. The number of imide groups is 1. The summed E-state index contributed by atoms with van der Waals surface area (Å²) < 4.78 is 12.3. The zero-order valence-corrected chi connectivity index (χ0v) is 29.1. The number of unbranched alkanes of at least 4 members (excludes halogenated alkanes) is 2. The van der Waals surface area contributed by atoms with Gasteiger partial charge in [-0.3, -0.25) is 24.6 Å². The van der Waals surface area contributed by atoms with Crippen LogP contribution in [0.3, 0.4) is 0 Å². The standard InChI is InChI=1S/C40H48N4O6/c1-3-32-26(2)50-36-24-30(45)10-14-34(36)38(32)27-7-11-31(12-8-27)49-22-6-4-5-17-42-18-20-43(21-19-42)29-9-13-33-28(23-29)25-44(40(33)48)35-15-16-37(46)41-39(35)47/h7-14,23-24,26,32,35,38,45H,3-6,15-22,25H2,1-2H3,(H,41,46,47)/t26-,32+,35?,38+/m0/s1. The number of anilines is 1. The number of hydrogen-bond acceptors (Lipinski definition) is 8. The number of rotatable bonds is 11. The largest absolute Gasteiger partial charge is 0.508 e. The topological polar surface area (TPSA) is 112 Å². The lowest BCUT2D eigenvalue weighted by Gasteiger charge is -2.38. The maximum Gasteiger partial charge on any atom is 0.255 e. The van der Waals surface area contributed by atoms with Gasteiger partial charge >= 0.3 is 0 Å². The molecule has 4 heterocycles. The molecule has 2 saturated heterocycles. The molecule has 4 atom stereocenters. The molecule has 2 fully saturated rings. The molecule has 7 rings (SSSR count). The summed E-state index contributed by atoms with van der Waals surface area (Å²) in [6, 6.07) is 19.4. The number of piperidine rings is 1. The zero-order chi connectivity index (χ0) is 34.8. The Hall–Kier alpha value is -4.57. The Morgan fingerprint density at radius 2 is 1.74 bits per heavy atom. The minimum atomic E-state index is -0.588. The molecule has 10 heteroatoms. The molecule has 0 spiro atoms. The fourth-order valence-corrected chi connectivity index (χ4v) is 8.23. The van der Waals surface area contributed by atoms with Gasteiger partial charge in [0.2, 0.25) is 11.8 Å². The third-order valence-corrected chi connectivity index (χ3v) is 11.0. The molecular formula is C40H48N4O6. The van der Waals surface area contributed by atoms with E-state index in [0.29, 0.717) is 31.1 Å². The molecule has 0 bridgehead atoms. The van der Waals surface area contributed by atoms with Gasteiger partial charge in [0.25, 0.3) is 5.91 Å². The van der Waals surface area contributed by atoms with E-state index in [1.165, 1.54) is 5.56 Å². The summed E-state index contributed by atoms with van der Waals surface area (Å²) >= 11 is 0. The van der Waals surface area contributed by atoms with Crippen LogP contribution in [0.2, 0.25) is 0 Å². The number of benzene rings is 3. The lowest BCUT2D eigenvalue weighted by molar-refractivity contribution is -0.136. The van der Waals surface area contributed by atoms with Crippen molar-refractivity contribution in [3.63, 3.8) is 0 Å². The molecule has 0 radical (unpaired) electrons. The van der Waals surface area contributed by atoms with Crippen LogP contribution in [0, 0.1) is 5.92 Å². The first-order chi connectivity index (χ1) is 24.3. The van der Waals surface area contributed by atoms with Crippen LogP contribution in [-0.4, -0.2) is 84.1 Å². The van der Waals surface area contributed by atoms with Crippen molar-refractivity contribution in [2.24, 2.45) is 5.92 Å². The molecule has 50 heavy (non-hydrogen) atoms. The maximum absolute atomic E-state index is 13.1. The normalized spacial score (nSPS) is 23.7. The lowest BCUT2D eigenvalue weighted by Crippen LogP contribution is -2.52. The number of amides is 3. The molecule has 3 aromatic rings. The van der Waals surface area contributed by atoms with Crippen LogP contribution in [0.1, 0.15) is 85.3 Å². The molecule has 0 saturated carbocycles. The van der Waals surface area contributed by atoms with E-state index in [9.17, 15) is 19.5 Å². The minimum absolute atomic E-state index is 0.0681. The summed E-state index contributed by atoms with van der Waals surface area (Å²) in [5.74, 6) is 1.68. The molecule has 0 aromatic heterocycles. The van der Waals surface area contributed by atoms with Crippen LogP contribution in [0.4, 0.5) is 5.69 Å². The number of fused-ring (bicyclic) bond motifs is 2. The Labute approximate surface area is 294 Å². The van der Waals surface area contributed by atoms with Crippen LogP contribution in [0.15, 0.2) is 60.7 Å². The Kier molecular flexibility index (Phi) is 9.99. The summed E-state index contributed by atoms with van der Waals surface area (Å²) in [5.41, 5.74) is 5.09. The lowest BCUT2D eigenvalue weighted by atomic mass is 9.75.